The van der Waals surface area contributed by atoms with Gasteiger partial charge in [0.1, 0.15) is 5.82 Å². The van der Waals surface area contributed by atoms with E-state index in [1.807, 2.05) is 6.07 Å². The van der Waals surface area contributed by atoms with E-state index >= 15 is 0 Å². The van der Waals surface area contributed by atoms with Crippen LogP contribution < -0.4 is 5.73 Å². The molecule has 2 unspecified atom stereocenters. The lowest BCUT2D eigenvalue weighted by Crippen LogP contribution is -2.00. The molecule has 2 N–H and O–H groups in total. The van der Waals surface area contributed by atoms with Crippen LogP contribution in [0, 0.1) is 5.92 Å². The normalized spacial score (nSPS) is 24.2. The van der Waals surface area contributed by atoms with Crippen LogP contribution in [0.1, 0.15) is 63.4 Å². The number of hydrogen-bond acceptors (Lipinski definition) is 2. The maximum atomic E-state index is 5.76. The van der Waals surface area contributed by atoms with E-state index in [1.165, 1.54) is 55.9 Å². The fourth-order valence-electron chi connectivity index (χ4n) is 3.63. The SMILES string of the molecule is CC1CCCCC(c2ccc3nc(N)ccc3c2)CCC1. The van der Waals surface area contributed by atoms with Gasteiger partial charge in [-0.1, -0.05) is 45.1 Å². The second-order valence-electron chi connectivity index (χ2n) is 6.71. The summed E-state index contributed by atoms with van der Waals surface area (Å²) in [6, 6.07) is 10.7. The van der Waals surface area contributed by atoms with Gasteiger partial charge in [0.2, 0.25) is 0 Å². The van der Waals surface area contributed by atoms with Gasteiger partial charge in [-0.25, -0.2) is 4.98 Å². The average Bonchev–Trinajstić information content (AvgIpc) is 2.59. The Kier molecular flexibility index (Phi) is 4.42. The van der Waals surface area contributed by atoms with E-state index in [1.54, 1.807) is 0 Å². The predicted molar refractivity (Wildman–Crippen MR) is 90.4 cm³/mol. The van der Waals surface area contributed by atoms with Crippen LogP contribution in [0.4, 0.5) is 5.82 Å². The largest absolute Gasteiger partial charge is 0.384 e. The molecule has 2 heteroatoms. The Labute approximate surface area is 127 Å². The molecule has 112 valence electrons. The Balaban J connectivity index is 1.82. The highest BCUT2D eigenvalue weighted by atomic mass is 14.8. The van der Waals surface area contributed by atoms with Crippen LogP contribution in [0.5, 0.6) is 0 Å². The number of pyridine rings is 1. The number of nitrogen functional groups attached to an aromatic ring is 1. The summed E-state index contributed by atoms with van der Waals surface area (Å²) in [5.41, 5.74) is 8.26. The van der Waals surface area contributed by atoms with E-state index in [4.69, 9.17) is 5.73 Å². The van der Waals surface area contributed by atoms with Crippen molar-refractivity contribution >= 4 is 16.7 Å². The van der Waals surface area contributed by atoms with Crippen molar-refractivity contribution < 1.29 is 0 Å². The quantitative estimate of drug-likeness (QED) is 0.772. The third-order valence-corrected chi connectivity index (χ3v) is 4.96. The highest BCUT2D eigenvalue weighted by Gasteiger charge is 2.15. The number of nitrogens with zero attached hydrogens (tertiary/aromatic N) is 1. The molecule has 21 heavy (non-hydrogen) atoms. The first kappa shape index (κ1) is 14.4. The first-order valence-electron chi connectivity index (χ1n) is 8.38. The van der Waals surface area contributed by atoms with Crippen LogP contribution in [0.25, 0.3) is 10.9 Å². The summed E-state index contributed by atoms with van der Waals surface area (Å²) in [4.78, 5) is 4.40. The highest BCUT2D eigenvalue weighted by molar-refractivity contribution is 5.80. The molecule has 2 nitrogen and oxygen atoms in total. The molecule has 1 aromatic heterocycles. The summed E-state index contributed by atoms with van der Waals surface area (Å²) in [6.45, 7) is 2.41. The number of aromatic nitrogens is 1. The van der Waals surface area contributed by atoms with Crippen molar-refractivity contribution in [2.75, 3.05) is 5.73 Å². The van der Waals surface area contributed by atoms with Gasteiger partial charge in [0.15, 0.2) is 0 Å². The van der Waals surface area contributed by atoms with Crippen LogP contribution >= 0.6 is 0 Å². The van der Waals surface area contributed by atoms with E-state index in [0.717, 1.165) is 17.4 Å². The molecule has 1 aliphatic rings. The zero-order chi connectivity index (χ0) is 14.7. The lowest BCUT2D eigenvalue weighted by atomic mass is 9.89. The van der Waals surface area contributed by atoms with E-state index < -0.39 is 0 Å². The molecule has 1 aromatic carbocycles. The van der Waals surface area contributed by atoms with Crippen LogP contribution in [0.15, 0.2) is 30.3 Å². The van der Waals surface area contributed by atoms with Crippen LogP contribution in [0.2, 0.25) is 0 Å². The van der Waals surface area contributed by atoms with Crippen molar-refractivity contribution in [2.45, 2.75) is 57.8 Å². The standard InChI is InChI=1S/C19H26N2/c1-14-5-2-3-7-15(8-4-6-14)16-9-11-18-17(13-16)10-12-19(20)21-18/h9-15H,2-8H2,1H3,(H2,20,21). The number of hydrogen-bond donors (Lipinski definition) is 1. The molecule has 3 rings (SSSR count). The topological polar surface area (TPSA) is 38.9 Å². The van der Waals surface area contributed by atoms with E-state index in [-0.39, 0.29) is 0 Å². The van der Waals surface area contributed by atoms with Gasteiger partial charge in [-0.2, -0.15) is 0 Å². The molecule has 0 saturated heterocycles. The van der Waals surface area contributed by atoms with Gasteiger partial charge in [-0.3, -0.25) is 0 Å². The fourth-order valence-corrected chi connectivity index (χ4v) is 3.63. The van der Waals surface area contributed by atoms with Gasteiger partial charge in [0.05, 0.1) is 5.52 Å². The Hall–Kier alpha value is -1.57. The van der Waals surface area contributed by atoms with E-state index in [9.17, 15) is 0 Å². The lowest BCUT2D eigenvalue weighted by molar-refractivity contribution is 0.462. The Morgan fingerprint density at radius 2 is 1.71 bits per heavy atom. The lowest BCUT2D eigenvalue weighted by Gasteiger charge is -2.17. The molecule has 1 heterocycles. The average molecular weight is 282 g/mol. The smallest absolute Gasteiger partial charge is 0.124 e. The fraction of sp³-hybridized carbons (Fsp3) is 0.526. The van der Waals surface area contributed by atoms with Crippen molar-refractivity contribution in [3.8, 4) is 0 Å². The third-order valence-electron chi connectivity index (χ3n) is 4.96. The van der Waals surface area contributed by atoms with Crippen molar-refractivity contribution in [3.63, 3.8) is 0 Å². The van der Waals surface area contributed by atoms with E-state index in [0.29, 0.717) is 5.82 Å². The number of benzene rings is 1. The van der Waals surface area contributed by atoms with Crippen molar-refractivity contribution in [3.05, 3.63) is 35.9 Å². The second-order valence-corrected chi connectivity index (χ2v) is 6.71. The van der Waals surface area contributed by atoms with Crippen molar-refractivity contribution in [1.29, 1.82) is 0 Å². The zero-order valence-corrected chi connectivity index (χ0v) is 13.0. The monoisotopic (exact) mass is 282 g/mol. The van der Waals surface area contributed by atoms with Crippen molar-refractivity contribution in [1.82, 2.24) is 4.98 Å². The molecule has 0 aliphatic heterocycles. The van der Waals surface area contributed by atoms with Gasteiger partial charge in [0.25, 0.3) is 0 Å². The summed E-state index contributed by atoms with van der Waals surface area (Å²) in [6.07, 6.45) is 9.59. The Bertz CT molecular complexity index is 606. The van der Waals surface area contributed by atoms with Crippen molar-refractivity contribution in [2.24, 2.45) is 5.92 Å². The third kappa shape index (κ3) is 3.55. The van der Waals surface area contributed by atoms with Gasteiger partial charge in [0, 0.05) is 5.39 Å². The maximum Gasteiger partial charge on any atom is 0.124 e. The van der Waals surface area contributed by atoms with Crippen LogP contribution in [0.3, 0.4) is 0 Å². The molecular formula is C19H26N2. The summed E-state index contributed by atoms with van der Waals surface area (Å²) in [5, 5.41) is 1.22. The summed E-state index contributed by atoms with van der Waals surface area (Å²) < 4.78 is 0. The second kappa shape index (κ2) is 6.46. The van der Waals surface area contributed by atoms with Gasteiger partial charge >= 0.3 is 0 Å². The minimum Gasteiger partial charge on any atom is -0.384 e. The highest BCUT2D eigenvalue weighted by Crippen LogP contribution is 2.33. The first-order valence-corrected chi connectivity index (χ1v) is 8.38. The molecular weight excluding hydrogens is 256 g/mol. The number of nitrogens with two attached hydrogens (primary N) is 1. The minimum absolute atomic E-state index is 0.603. The molecule has 0 spiro atoms. The molecule has 1 saturated carbocycles. The molecule has 2 atom stereocenters. The summed E-state index contributed by atoms with van der Waals surface area (Å²) in [5.74, 6) is 2.23. The van der Waals surface area contributed by atoms with E-state index in [2.05, 4.69) is 36.2 Å². The summed E-state index contributed by atoms with van der Waals surface area (Å²) >= 11 is 0. The molecule has 0 bridgehead atoms. The molecule has 1 fully saturated rings. The molecule has 2 aromatic rings. The van der Waals surface area contributed by atoms with Gasteiger partial charge in [-0.05, 0) is 54.5 Å². The first-order chi connectivity index (χ1) is 10.2. The molecule has 0 radical (unpaired) electrons. The number of anilines is 1. The molecule has 1 aliphatic carbocycles. The number of fused-ring (bicyclic) bond motifs is 1. The summed E-state index contributed by atoms with van der Waals surface area (Å²) in [7, 11) is 0. The Morgan fingerprint density at radius 3 is 2.62 bits per heavy atom. The zero-order valence-electron chi connectivity index (χ0n) is 13.0. The Morgan fingerprint density at radius 1 is 0.952 bits per heavy atom. The van der Waals surface area contributed by atoms with Crippen LogP contribution in [-0.4, -0.2) is 4.98 Å². The van der Waals surface area contributed by atoms with Crippen LogP contribution in [-0.2, 0) is 0 Å². The number of rotatable bonds is 1. The molecule has 0 amide bonds. The maximum absolute atomic E-state index is 5.76. The minimum atomic E-state index is 0.603. The van der Waals surface area contributed by atoms with Gasteiger partial charge in [-0.15, -0.1) is 0 Å². The predicted octanol–water partition coefficient (Wildman–Crippen LogP) is 5.28. The van der Waals surface area contributed by atoms with Gasteiger partial charge < -0.3 is 5.73 Å².